The van der Waals surface area contributed by atoms with Crippen LogP contribution in [-0.2, 0) is 4.79 Å². The van der Waals surface area contributed by atoms with Crippen molar-refractivity contribution in [1.29, 1.82) is 0 Å². The minimum Gasteiger partial charge on any atom is -0.300 e. The molecule has 100 valence electrons. The molecule has 0 saturated carbocycles. The van der Waals surface area contributed by atoms with Gasteiger partial charge >= 0.3 is 0 Å². The lowest BCUT2D eigenvalue weighted by molar-refractivity contribution is -0.129. The van der Waals surface area contributed by atoms with Crippen molar-refractivity contribution in [2.75, 3.05) is 13.1 Å². The van der Waals surface area contributed by atoms with E-state index in [-0.39, 0.29) is 0 Å². The first-order valence-electron chi connectivity index (χ1n) is 7.86. The van der Waals surface area contributed by atoms with Crippen molar-refractivity contribution < 1.29 is 4.79 Å². The number of ketones is 1. The maximum Gasteiger partial charge on any atom is 0.136 e. The van der Waals surface area contributed by atoms with E-state index < -0.39 is 0 Å². The maximum absolute atomic E-state index is 11.8. The maximum atomic E-state index is 11.8. The van der Waals surface area contributed by atoms with Crippen LogP contribution in [0.4, 0.5) is 0 Å². The summed E-state index contributed by atoms with van der Waals surface area (Å²) >= 11 is 0. The van der Waals surface area contributed by atoms with Gasteiger partial charge in [0.25, 0.3) is 0 Å². The van der Waals surface area contributed by atoms with Crippen LogP contribution in [0, 0.1) is 0 Å². The van der Waals surface area contributed by atoms with E-state index in [1.807, 2.05) is 0 Å². The first-order valence-corrected chi connectivity index (χ1v) is 7.86. The second kappa shape index (κ2) is 4.31. The number of Topliss-reactive ketones (excluding diaryl/α,β-unsaturated/α-hetero) is 1. The van der Waals surface area contributed by atoms with E-state index in [0.29, 0.717) is 17.9 Å². The molecule has 0 aromatic carbocycles. The Kier molecular flexibility index (Phi) is 2.73. The number of nitrogens with zero attached hydrogens (tertiary/aromatic N) is 2. The zero-order valence-corrected chi connectivity index (χ0v) is 11.2. The van der Waals surface area contributed by atoms with Gasteiger partial charge in [0, 0.05) is 43.6 Å². The number of piperidine rings is 2. The molecule has 0 aromatic rings. The summed E-state index contributed by atoms with van der Waals surface area (Å²) in [7, 11) is 0. The molecule has 4 aliphatic rings. The molecule has 0 aliphatic carbocycles. The number of carbonyl (C=O) groups is 1. The fraction of sp³-hybridized carbons (Fsp3) is 0.933. The van der Waals surface area contributed by atoms with E-state index in [4.69, 9.17) is 0 Å². The van der Waals surface area contributed by atoms with Crippen molar-refractivity contribution in [3.05, 3.63) is 0 Å². The van der Waals surface area contributed by atoms with Gasteiger partial charge < -0.3 is 0 Å². The molecule has 4 unspecified atom stereocenters. The zero-order chi connectivity index (χ0) is 12.1. The van der Waals surface area contributed by atoms with Gasteiger partial charge in [-0.15, -0.1) is 0 Å². The molecule has 4 atom stereocenters. The highest BCUT2D eigenvalue weighted by molar-refractivity contribution is 5.80. The third-order valence-electron chi connectivity index (χ3n) is 5.80. The van der Waals surface area contributed by atoms with Crippen molar-refractivity contribution in [2.45, 2.75) is 75.5 Å². The predicted octanol–water partition coefficient (Wildman–Crippen LogP) is 1.81. The molecule has 3 nitrogen and oxygen atoms in total. The van der Waals surface area contributed by atoms with Crippen LogP contribution in [0.3, 0.4) is 0 Å². The Bertz CT molecular complexity index is 340. The topological polar surface area (TPSA) is 23.6 Å². The summed E-state index contributed by atoms with van der Waals surface area (Å²) in [4.78, 5) is 17.3. The molecule has 3 heteroatoms. The average molecular weight is 248 g/mol. The van der Waals surface area contributed by atoms with E-state index in [1.54, 1.807) is 0 Å². The molecule has 4 fully saturated rings. The summed E-state index contributed by atoms with van der Waals surface area (Å²) in [6.07, 6.45) is 9.72. The highest BCUT2D eigenvalue weighted by Crippen LogP contribution is 2.40. The summed E-state index contributed by atoms with van der Waals surface area (Å²) in [5, 5.41) is 0. The quantitative estimate of drug-likeness (QED) is 0.707. The third kappa shape index (κ3) is 1.67. The SMILES string of the molecule is O=C1CC2CCCC(C1)N2C1CCN2CCCC12. The van der Waals surface area contributed by atoms with Crippen LogP contribution in [-0.4, -0.2) is 52.8 Å². The molecule has 0 amide bonds. The van der Waals surface area contributed by atoms with Crippen molar-refractivity contribution in [1.82, 2.24) is 9.80 Å². The molecular formula is C15H24N2O. The van der Waals surface area contributed by atoms with Gasteiger partial charge in [0.2, 0.25) is 0 Å². The van der Waals surface area contributed by atoms with E-state index in [9.17, 15) is 4.79 Å². The van der Waals surface area contributed by atoms with Crippen molar-refractivity contribution >= 4 is 5.78 Å². The first-order chi connectivity index (χ1) is 8.83. The molecule has 18 heavy (non-hydrogen) atoms. The van der Waals surface area contributed by atoms with E-state index >= 15 is 0 Å². The van der Waals surface area contributed by atoms with Gasteiger partial charge in [0.05, 0.1) is 0 Å². The minimum atomic E-state index is 0.530. The fourth-order valence-corrected chi connectivity index (χ4v) is 5.15. The molecule has 0 aromatic heterocycles. The van der Waals surface area contributed by atoms with E-state index in [2.05, 4.69) is 9.80 Å². The highest BCUT2D eigenvalue weighted by Gasteiger charge is 2.47. The molecule has 0 spiro atoms. The van der Waals surface area contributed by atoms with Gasteiger partial charge in [0.1, 0.15) is 5.78 Å². The Balaban J connectivity index is 1.58. The van der Waals surface area contributed by atoms with Crippen LogP contribution < -0.4 is 0 Å². The van der Waals surface area contributed by atoms with Gasteiger partial charge in [-0.25, -0.2) is 0 Å². The van der Waals surface area contributed by atoms with Crippen LogP contribution in [0.2, 0.25) is 0 Å². The first kappa shape index (κ1) is 11.4. The summed E-state index contributed by atoms with van der Waals surface area (Å²) in [5.41, 5.74) is 0. The normalized spacial score (nSPS) is 45.4. The van der Waals surface area contributed by atoms with Crippen LogP contribution in [0.25, 0.3) is 0 Å². The number of hydrogen-bond acceptors (Lipinski definition) is 3. The Hall–Kier alpha value is -0.410. The molecule has 4 saturated heterocycles. The van der Waals surface area contributed by atoms with Gasteiger partial charge in [-0.05, 0) is 38.6 Å². The van der Waals surface area contributed by atoms with E-state index in [1.165, 1.54) is 51.6 Å². The Morgan fingerprint density at radius 2 is 1.61 bits per heavy atom. The number of fused-ring (bicyclic) bond motifs is 3. The number of hydrogen-bond donors (Lipinski definition) is 0. The van der Waals surface area contributed by atoms with Crippen LogP contribution >= 0.6 is 0 Å². The van der Waals surface area contributed by atoms with Gasteiger partial charge in [-0.2, -0.15) is 0 Å². The van der Waals surface area contributed by atoms with Crippen LogP contribution in [0.15, 0.2) is 0 Å². The Morgan fingerprint density at radius 1 is 0.833 bits per heavy atom. The van der Waals surface area contributed by atoms with Crippen molar-refractivity contribution in [3.8, 4) is 0 Å². The average Bonchev–Trinajstić information content (AvgIpc) is 2.90. The molecule has 2 bridgehead atoms. The Labute approximate surface area is 110 Å². The highest BCUT2D eigenvalue weighted by atomic mass is 16.1. The lowest BCUT2D eigenvalue weighted by Gasteiger charge is -2.50. The van der Waals surface area contributed by atoms with Crippen LogP contribution in [0.1, 0.15) is 51.4 Å². The van der Waals surface area contributed by atoms with Gasteiger partial charge in [-0.3, -0.25) is 14.6 Å². The lowest BCUT2D eigenvalue weighted by atomic mass is 9.81. The summed E-state index contributed by atoms with van der Waals surface area (Å²) in [6, 6.07) is 2.78. The molecule has 4 rings (SSSR count). The fourth-order valence-electron chi connectivity index (χ4n) is 5.15. The smallest absolute Gasteiger partial charge is 0.136 e. The molecule has 0 N–H and O–H groups in total. The number of carbonyl (C=O) groups excluding carboxylic acids is 1. The molecular weight excluding hydrogens is 224 g/mol. The minimum absolute atomic E-state index is 0.530. The number of rotatable bonds is 1. The molecule has 0 radical (unpaired) electrons. The predicted molar refractivity (Wildman–Crippen MR) is 70.5 cm³/mol. The summed E-state index contributed by atoms with van der Waals surface area (Å²) < 4.78 is 0. The standard InChI is InChI=1S/C15H24N2O/c18-13-9-11-3-1-4-12(10-13)17(11)15-6-8-16-7-2-5-14(15)16/h11-12,14-15H,1-10H2. The second-order valence-corrected chi connectivity index (χ2v) is 6.73. The molecule has 4 aliphatic heterocycles. The monoisotopic (exact) mass is 248 g/mol. The summed E-state index contributed by atoms with van der Waals surface area (Å²) in [6.45, 7) is 2.63. The second-order valence-electron chi connectivity index (χ2n) is 6.73. The third-order valence-corrected chi connectivity index (χ3v) is 5.80. The zero-order valence-electron chi connectivity index (χ0n) is 11.2. The van der Waals surface area contributed by atoms with Crippen molar-refractivity contribution in [2.24, 2.45) is 0 Å². The molecule has 4 heterocycles. The Morgan fingerprint density at radius 3 is 2.39 bits per heavy atom. The van der Waals surface area contributed by atoms with Gasteiger partial charge in [0.15, 0.2) is 0 Å². The van der Waals surface area contributed by atoms with Crippen LogP contribution in [0.5, 0.6) is 0 Å². The van der Waals surface area contributed by atoms with E-state index in [0.717, 1.165) is 24.9 Å². The summed E-state index contributed by atoms with van der Waals surface area (Å²) in [5.74, 6) is 0.530. The van der Waals surface area contributed by atoms with Gasteiger partial charge in [-0.1, -0.05) is 6.42 Å². The van der Waals surface area contributed by atoms with Crippen molar-refractivity contribution in [3.63, 3.8) is 0 Å². The largest absolute Gasteiger partial charge is 0.300 e. The lowest BCUT2D eigenvalue weighted by Crippen LogP contribution is -2.58.